The van der Waals surface area contributed by atoms with Crippen molar-refractivity contribution in [3.05, 3.63) is 66.2 Å². The second-order valence-corrected chi connectivity index (χ2v) is 4.50. The summed E-state index contributed by atoms with van der Waals surface area (Å²) in [6, 6.07) is 20.0. The smallest absolute Gasteiger partial charge is 0.124 e. The van der Waals surface area contributed by atoms with E-state index in [2.05, 4.69) is 31.2 Å². The number of aromatic hydroxyl groups is 1. The van der Waals surface area contributed by atoms with Crippen molar-refractivity contribution in [3.63, 3.8) is 0 Å². The van der Waals surface area contributed by atoms with E-state index < -0.39 is 0 Å². The Labute approximate surface area is 106 Å². The first-order valence-corrected chi connectivity index (χ1v) is 6.04. The second-order valence-electron chi connectivity index (χ2n) is 4.50. The second kappa shape index (κ2) is 4.19. The summed E-state index contributed by atoms with van der Waals surface area (Å²) >= 11 is 0. The highest BCUT2D eigenvalue weighted by Gasteiger charge is 2.10. The third-order valence-corrected chi connectivity index (χ3v) is 3.32. The number of hydrogen-bond donors (Lipinski definition) is 1. The molecule has 0 saturated carbocycles. The predicted octanol–water partition coefficient (Wildman–Crippen LogP) is 4.52. The summed E-state index contributed by atoms with van der Waals surface area (Å²) in [5, 5.41) is 12.4. The van der Waals surface area contributed by atoms with Gasteiger partial charge in [0.15, 0.2) is 0 Å². The molecule has 3 rings (SSSR count). The fourth-order valence-corrected chi connectivity index (χ4v) is 2.40. The molecule has 0 saturated heterocycles. The summed E-state index contributed by atoms with van der Waals surface area (Å²) in [4.78, 5) is 0. The molecular formula is C17H14O. The summed E-state index contributed by atoms with van der Waals surface area (Å²) in [5.74, 6) is 0.336. The van der Waals surface area contributed by atoms with Crippen molar-refractivity contribution in [1.82, 2.24) is 0 Å². The van der Waals surface area contributed by atoms with Crippen LogP contribution in [0.5, 0.6) is 5.75 Å². The van der Waals surface area contributed by atoms with Gasteiger partial charge in [-0.25, -0.2) is 0 Å². The monoisotopic (exact) mass is 234 g/mol. The maximum absolute atomic E-state index is 10.2. The minimum atomic E-state index is 0.336. The van der Waals surface area contributed by atoms with Gasteiger partial charge in [-0.2, -0.15) is 0 Å². The largest absolute Gasteiger partial charge is 0.507 e. The number of fused-ring (bicyclic) bond motifs is 1. The Kier molecular flexibility index (Phi) is 2.52. The molecule has 0 spiro atoms. The van der Waals surface area contributed by atoms with E-state index in [0.29, 0.717) is 5.75 Å². The highest BCUT2D eigenvalue weighted by molar-refractivity contribution is 6.00. The number of benzene rings is 3. The van der Waals surface area contributed by atoms with E-state index in [0.717, 1.165) is 21.9 Å². The molecule has 0 atom stereocenters. The van der Waals surface area contributed by atoms with E-state index in [-0.39, 0.29) is 0 Å². The molecule has 3 aromatic rings. The van der Waals surface area contributed by atoms with E-state index in [1.807, 2.05) is 30.3 Å². The lowest BCUT2D eigenvalue weighted by Crippen LogP contribution is -1.86. The van der Waals surface area contributed by atoms with Gasteiger partial charge >= 0.3 is 0 Å². The molecule has 0 radical (unpaired) electrons. The van der Waals surface area contributed by atoms with Gasteiger partial charge in [0.2, 0.25) is 0 Å². The van der Waals surface area contributed by atoms with Gasteiger partial charge in [-0.15, -0.1) is 0 Å². The van der Waals surface area contributed by atoms with Crippen LogP contribution in [0.1, 0.15) is 5.56 Å². The molecule has 0 aliphatic rings. The van der Waals surface area contributed by atoms with Crippen molar-refractivity contribution in [2.24, 2.45) is 0 Å². The first-order valence-electron chi connectivity index (χ1n) is 6.04. The Morgan fingerprint density at radius 3 is 2.33 bits per heavy atom. The van der Waals surface area contributed by atoms with Crippen molar-refractivity contribution in [1.29, 1.82) is 0 Å². The lowest BCUT2D eigenvalue weighted by Gasteiger charge is -2.11. The first-order chi connectivity index (χ1) is 8.77. The summed E-state index contributed by atoms with van der Waals surface area (Å²) in [6.07, 6.45) is 0. The fourth-order valence-electron chi connectivity index (χ4n) is 2.40. The number of phenols is 1. The maximum Gasteiger partial charge on any atom is 0.124 e. The highest BCUT2D eigenvalue weighted by atomic mass is 16.3. The molecule has 1 nitrogen and oxygen atoms in total. The summed E-state index contributed by atoms with van der Waals surface area (Å²) in [5.41, 5.74) is 3.18. The topological polar surface area (TPSA) is 20.2 Å². The SMILES string of the molecule is Cc1ccccc1-c1c(O)ccc2ccccc12. The molecule has 3 aromatic carbocycles. The van der Waals surface area contributed by atoms with Crippen molar-refractivity contribution >= 4 is 10.8 Å². The van der Waals surface area contributed by atoms with Crippen molar-refractivity contribution < 1.29 is 5.11 Å². The van der Waals surface area contributed by atoms with Gasteiger partial charge in [0.1, 0.15) is 5.75 Å². The lowest BCUT2D eigenvalue weighted by molar-refractivity contribution is 0.478. The fraction of sp³-hybridized carbons (Fsp3) is 0.0588. The molecule has 0 aromatic heterocycles. The van der Waals surface area contributed by atoms with Crippen molar-refractivity contribution in [3.8, 4) is 16.9 Å². The molecule has 0 aliphatic heterocycles. The zero-order valence-electron chi connectivity index (χ0n) is 10.2. The molecular weight excluding hydrogens is 220 g/mol. The van der Waals surface area contributed by atoms with Crippen LogP contribution in [0.25, 0.3) is 21.9 Å². The van der Waals surface area contributed by atoms with Gasteiger partial charge in [0.25, 0.3) is 0 Å². The zero-order valence-corrected chi connectivity index (χ0v) is 10.2. The van der Waals surface area contributed by atoms with E-state index in [1.165, 1.54) is 5.56 Å². The first kappa shape index (κ1) is 10.8. The quantitative estimate of drug-likeness (QED) is 0.656. The van der Waals surface area contributed by atoms with Gasteiger partial charge in [0, 0.05) is 5.56 Å². The molecule has 0 heterocycles. The van der Waals surface area contributed by atoms with Crippen molar-refractivity contribution in [2.45, 2.75) is 6.92 Å². The lowest BCUT2D eigenvalue weighted by atomic mass is 9.94. The van der Waals surface area contributed by atoms with E-state index >= 15 is 0 Å². The average Bonchev–Trinajstić information content (AvgIpc) is 2.40. The Morgan fingerprint density at radius 1 is 0.778 bits per heavy atom. The summed E-state index contributed by atoms with van der Waals surface area (Å²) in [7, 11) is 0. The van der Waals surface area contributed by atoms with Gasteiger partial charge in [-0.1, -0.05) is 54.6 Å². The minimum Gasteiger partial charge on any atom is -0.507 e. The summed E-state index contributed by atoms with van der Waals surface area (Å²) in [6.45, 7) is 2.07. The van der Waals surface area contributed by atoms with Crippen LogP contribution in [0.2, 0.25) is 0 Å². The average molecular weight is 234 g/mol. The molecule has 0 fully saturated rings. The molecule has 88 valence electrons. The molecule has 1 N–H and O–H groups in total. The number of aryl methyl sites for hydroxylation is 1. The van der Waals surface area contributed by atoms with Gasteiger partial charge in [0.05, 0.1) is 0 Å². The van der Waals surface area contributed by atoms with Gasteiger partial charge in [-0.05, 0) is 34.9 Å². The Hall–Kier alpha value is -2.28. The van der Waals surface area contributed by atoms with E-state index in [4.69, 9.17) is 0 Å². The predicted molar refractivity (Wildman–Crippen MR) is 75.8 cm³/mol. The number of rotatable bonds is 1. The van der Waals surface area contributed by atoms with Crippen LogP contribution >= 0.6 is 0 Å². The Morgan fingerprint density at radius 2 is 1.50 bits per heavy atom. The normalized spacial score (nSPS) is 10.7. The van der Waals surface area contributed by atoms with Crippen molar-refractivity contribution in [2.75, 3.05) is 0 Å². The van der Waals surface area contributed by atoms with Gasteiger partial charge < -0.3 is 5.11 Å². The van der Waals surface area contributed by atoms with Gasteiger partial charge in [-0.3, -0.25) is 0 Å². The van der Waals surface area contributed by atoms with E-state index in [1.54, 1.807) is 6.07 Å². The Balaban J connectivity index is 2.42. The van der Waals surface area contributed by atoms with Crippen LogP contribution in [0, 0.1) is 6.92 Å². The molecule has 0 amide bonds. The third kappa shape index (κ3) is 1.65. The zero-order chi connectivity index (χ0) is 12.5. The van der Waals surface area contributed by atoms with Crippen LogP contribution in [0.3, 0.4) is 0 Å². The highest BCUT2D eigenvalue weighted by Crippen LogP contribution is 2.37. The van der Waals surface area contributed by atoms with Crippen LogP contribution in [-0.2, 0) is 0 Å². The molecule has 18 heavy (non-hydrogen) atoms. The molecule has 0 unspecified atom stereocenters. The molecule has 1 heteroatoms. The summed E-state index contributed by atoms with van der Waals surface area (Å²) < 4.78 is 0. The van der Waals surface area contributed by atoms with Crippen LogP contribution in [-0.4, -0.2) is 5.11 Å². The standard InChI is InChI=1S/C17H14O/c1-12-6-2-4-8-14(12)17-15-9-5-3-7-13(15)10-11-16(17)18/h2-11,18H,1H3. The van der Waals surface area contributed by atoms with Crippen LogP contribution < -0.4 is 0 Å². The maximum atomic E-state index is 10.2. The minimum absolute atomic E-state index is 0.336. The third-order valence-electron chi connectivity index (χ3n) is 3.32. The van der Waals surface area contributed by atoms with Crippen LogP contribution in [0.4, 0.5) is 0 Å². The number of phenolic OH excluding ortho intramolecular Hbond substituents is 1. The Bertz CT molecular complexity index is 714. The molecule has 0 aliphatic carbocycles. The van der Waals surface area contributed by atoms with Crippen LogP contribution in [0.15, 0.2) is 60.7 Å². The number of hydrogen-bond acceptors (Lipinski definition) is 1. The van der Waals surface area contributed by atoms with E-state index in [9.17, 15) is 5.11 Å². The molecule has 0 bridgehead atoms.